The normalized spacial score (nSPS) is 18.1. The quantitative estimate of drug-likeness (QED) is 0.751. The summed E-state index contributed by atoms with van der Waals surface area (Å²) in [5, 5.41) is 0. The van der Waals surface area contributed by atoms with Gasteiger partial charge >= 0.3 is 12.0 Å². The van der Waals surface area contributed by atoms with Crippen LogP contribution in [-0.2, 0) is 9.59 Å². The first kappa shape index (κ1) is 17.7. The maximum Gasteiger partial charge on any atom is 0.406 e. The molecule has 1 aromatic carbocycles. The standard InChI is InChI=1S/C18H18N6O4/c1-10-8-23-14-15(21(2)18(27)22(3)16(14)26)20-17(23)24(10)11-5-4-6-12(7-11)28-9-13(19)25/h4-8,14H,9H2,1-3H3,(H-,19,25)/p+1. The SMILES string of the molecule is Cc1c[n+]2c(n1-c1cccc(OCC(N)=O)c1)N=C1C2C(=O)N(C)C(=O)N1C. The zero-order valence-electron chi connectivity index (χ0n) is 15.6. The highest BCUT2D eigenvalue weighted by molar-refractivity contribution is 6.18. The van der Waals surface area contributed by atoms with Crippen LogP contribution in [0.25, 0.3) is 5.69 Å². The van der Waals surface area contributed by atoms with E-state index in [4.69, 9.17) is 10.5 Å². The molecule has 0 spiro atoms. The minimum absolute atomic E-state index is 0.223. The number of amides is 4. The second kappa shape index (κ2) is 6.19. The molecule has 0 aliphatic carbocycles. The van der Waals surface area contributed by atoms with Crippen LogP contribution in [0.1, 0.15) is 11.7 Å². The van der Waals surface area contributed by atoms with Crippen LogP contribution in [-0.4, -0.2) is 58.8 Å². The van der Waals surface area contributed by atoms with Gasteiger partial charge < -0.3 is 10.5 Å². The van der Waals surface area contributed by atoms with Crippen LogP contribution in [0.4, 0.5) is 10.7 Å². The zero-order chi connectivity index (χ0) is 20.2. The van der Waals surface area contributed by atoms with Crippen LogP contribution in [0, 0.1) is 6.92 Å². The maximum atomic E-state index is 12.7. The molecule has 144 valence electrons. The number of urea groups is 1. The molecular formula is C18H19N6O4+. The summed E-state index contributed by atoms with van der Waals surface area (Å²) in [6.45, 7) is 1.67. The van der Waals surface area contributed by atoms with E-state index < -0.39 is 18.0 Å². The van der Waals surface area contributed by atoms with Crippen LogP contribution >= 0.6 is 0 Å². The van der Waals surface area contributed by atoms with Gasteiger partial charge in [0.25, 0.3) is 11.8 Å². The molecule has 28 heavy (non-hydrogen) atoms. The van der Waals surface area contributed by atoms with Crippen molar-refractivity contribution in [2.45, 2.75) is 13.0 Å². The third-order valence-corrected chi connectivity index (χ3v) is 4.79. The van der Waals surface area contributed by atoms with E-state index in [0.29, 0.717) is 17.5 Å². The molecule has 0 radical (unpaired) electrons. The monoisotopic (exact) mass is 383 g/mol. The summed E-state index contributed by atoms with van der Waals surface area (Å²) < 4.78 is 8.99. The lowest BCUT2D eigenvalue weighted by molar-refractivity contribution is -0.676. The van der Waals surface area contributed by atoms with Crippen molar-refractivity contribution >= 4 is 29.6 Å². The Kier molecular flexibility index (Phi) is 3.91. The number of amidine groups is 1. The Morgan fingerprint density at radius 3 is 2.75 bits per heavy atom. The third kappa shape index (κ3) is 2.53. The molecule has 1 fully saturated rings. The number of hydrogen-bond acceptors (Lipinski definition) is 5. The van der Waals surface area contributed by atoms with Gasteiger partial charge in [-0.3, -0.25) is 19.4 Å². The Bertz CT molecular complexity index is 1060. The Balaban J connectivity index is 1.79. The van der Waals surface area contributed by atoms with E-state index in [9.17, 15) is 14.4 Å². The first-order valence-electron chi connectivity index (χ1n) is 8.58. The van der Waals surface area contributed by atoms with Crippen LogP contribution in [0.3, 0.4) is 0 Å². The third-order valence-electron chi connectivity index (χ3n) is 4.79. The zero-order valence-corrected chi connectivity index (χ0v) is 15.6. The van der Waals surface area contributed by atoms with Crippen LogP contribution in [0.5, 0.6) is 5.75 Å². The number of benzene rings is 1. The van der Waals surface area contributed by atoms with Gasteiger partial charge in [-0.05, 0) is 19.1 Å². The molecule has 1 unspecified atom stereocenters. The molecule has 4 amide bonds. The maximum absolute atomic E-state index is 12.7. The second-order valence-corrected chi connectivity index (χ2v) is 6.68. The van der Waals surface area contributed by atoms with Gasteiger partial charge in [-0.1, -0.05) is 11.1 Å². The average Bonchev–Trinajstić information content (AvgIpc) is 3.17. The lowest BCUT2D eigenvalue weighted by Gasteiger charge is -2.30. The summed E-state index contributed by atoms with van der Waals surface area (Å²) in [6, 6.07) is 6.01. The summed E-state index contributed by atoms with van der Waals surface area (Å²) in [4.78, 5) is 42.9. The Morgan fingerprint density at radius 2 is 2.04 bits per heavy atom. The molecule has 2 aliphatic rings. The summed E-state index contributed by atoms with van der Waals surface area (Å²) in [5.74, 6) is 0.492. The number of carbonyl (C=O) groups is 3. The van der Waals surface area contributed by atoms with Gasteiger partial charge in [0.15, 0.2) is 6.61 Å². The molecule has 4 rings (SSSR count). The van der Waals surface area contributed by atoms with E-state index in [0.717, 1.165) is 16.3 Å². The fourth-order valence-corrected chi connectivity index (χ4v) is 3.45. The number of aryl methyl sites for hydroxylation is 1. The number of nitrogens with zero attached hydrogens (tertiary/aromatic N) is 5. The van der Waals surface area contributed by atoms with Crippen molar-refractivity contribution < 1.29 is 23.7 Å². The summed E-state index contributed by atoms with van der Waals surface area (Å²) in [7, 11) is 3.05. The highest BCUT2D eigenvalue weighted by atomic mass is 16.5. The van der Waals surface area contributed by atoms with Gasteiger partial charge in [-0.2, -0.15) is 4.57 Å². The molecular weight excluding hydrogens is 364 g/mol. The Morgan fingerprint density at radius 1 is 1.29 bits per heavy atom. The van der Waals surface area contributed by atoms with E-state index in [1.165, 1.54) is 11.9 Å². The van der Waals surface area contributed by atoms with Crippen LogP contribution < -0.4 is 15.0 Å². The fraction of sp³-hybridized carbons (Fsp3) is 0.278. The van der Waals surface area contributed by atoms with Crippen LogP contribution in [0.15, 0.2) is 35.5 Å². The van der Waals surface area contributed by atoms with E-state index in [1.54, 1.807) is 29.8 Å². The number of rotatable bonds is 4. The molecule has 3 heterocycles. The molecule has 0 saturated carbocycles. The van der Waals surface area contributed by atoms with Gasteiger partial charge in [0.1, 0.15) is 23.3 Å². The summed E-state index contributed by atoms with van der Waals surface area (Å²) in [5.41, 5.74) is 6.72. The number of hydrogen-bond donors (Lipinski definition) is 1. The number of likely N-dealkylation sites (N-methyl/N-ethyl adjacent to an activating group) is 2. The number of imide groups is 1. The second-order valence-electron chi connectivity index (χ2n) is 6.68. The van der Waals surface area contributed by atoms with E-state index in [2.05, 4.69) is 4.99 Å². The average molecular weight is 383 g/mol. The van der Waals surface area contributed by atoms with Gasteiger partial charge in [0.05, 0.1) is 0 Å². The van der Waals surface area contributed by atoms with Crippen molar-refractivity contribution in [2.24, 2.45) is 10.7 Å². The van der Waals surface area contributed by atoms with Crippen molar-refractivity contribution in [3.63, 3.8) is 0 Å². The van der Waals surface area contributed by atoms with Crippen molar-refractivity contribution in [3.8, 4) is 11.4 Å². The van der Waals surface area contributed by atoms with E-state index >= 15 is 0 Å². The number of carbonyl (C=O) groups excluding carboxylic acids is 3. The van der Waals surface area contributed by atoms with Crippen molar-refractivity contribution in [2.75, 3.05) is 20.7 Å². The van der Waals surface area contributed by atoms with Gasteiger partial charge in [-0.25, -0.2) is 9.36 Å². The number of imidazole rings is 1. The number of primary amides is 1. The summed E-state index contributed by atoms with van der Waals surface area (Å²) >= 11 is 0. The van der Waals surface area contributed by atoms with E-state index in [-0.39, 0.29) is 12.5 Å². The van der Waals surface area contributed by atoms with Crippen molar-refractivity contribution in [1.82, 2.24) is 14.4 Å². The van der Waals surface area contributed by atoms with Crippen molar-refractivity contribution in [3.05, 3.63) is 36.2 Å². The van der Waals surface area contributed by atoms with Gasteiger partial charge in [-0.15, -0.1) is 0 Å². The number of aliphatic imine (C=N–C) groups is 1. The highest BCUT2D eigenvalue weighted by Gasteiger charge is 2.52. The number of nitrogens with two attached hydrogens (primary N) is 1. The van der Waals surface area contributed by atoms with Gasteiger partial charge in [0, 0.05) is 20.2 Å². The summed E-state index contributed by atoms with van der Waals surface area (Å²) in [6.07, 6.45) is 1.82. The minimum Gasteiger partial charge on any atom is -0.484 e. The topological polar surface area (TPSA) is 114 Å². The molecule has 1 atom stereocenters. The largest absolute Gasteiger partial charge is 0.484 e. The minimum atomic E-state index is -0.683. The molecule has 1 saturated heterocycles. The van der Waals surface area contributed by atoms with Crippen molar-refractivity contribution in [1.29, 1.82) is 0 Å². The van der Waals surface area contributed by atoms with Crippen LogP contribution in [0.2, 0.25) is 0 Å². The molecule has 2 aromatic rings. The Labute approximate surface area is 160 Å². The fourth-order valence-electron chi connectivity index (χ4n) is 3.45. The lowest BCUT2D eigenvalue weighted by Crippen LogP contribution is -2.61. The first-order chi connectivity index (χ1) is 13.3. The smallest absolute Gasteiger partial charge is 0.406 e. The predicted octanol–water partition coefficient (Wildman–Crippen LogP) is 0.0458. The molecule has 2 N–H and O–H groups in total. The highest BCUT2D eigenvalue weighted by Crippen LogP contribution is 2.31. The van der Waals surface area contributed by atoms with Gasteiger partial charge in [0.2, 0.25) is 11.9 Å². The predicted molar refractivity (Wildman–Crippen MR) is 97.5 cm³/mol. The molecule has 10 heteroatoms. The number of aromatic nitrogens is 2. The molecule has 0 bridgehead atoms. The Hall–Kier alpha value is -3.69. The lowest BCUT2D eigenvalue weighted by atomic mass is 10.2. The number of fused-ring (bicyclic) bond motifs is 3. The van der Waals surface area contributed by atoms with E-state index in [1.807, 2.05) is 23.8 Å². The molecule has 1 aromatic heterocycles. The molecule has 10 nitrogen and oxygen atoms in total. The first-order valence-corrected chi connectivity index (χ1v) is 8.58. The molecule has 2 aliphatic heterocycles. The number of ether oxygens (including phenoxy) is 1.